The van der Waals surface area contributed by atoms with E-state index in [9.17, 15) is 8.42 Å². The van der Waals surface area contributed by atoms with Gasteiger partial charge in [-0.15, -0.1) is 0 Å². The van der Waals surface area contributed by atoms with Crippen LogP contribution in [0.1, 0.15) is 11.3 Å². The number of anilines is 1. The van der Waals surface area contributed by atoms with E-state index in [2.05, 4.69) is 0 Å². The number of sulfonamides is 1. The van der Waals surface area contributed by atoms with Crippen molar-refractivity contribution in [3.8, 4) is 11.4 Å². The van der Waals surface area contributed by atoms with E-state index in [0.29, 0.717) is 23.7 Å². The molecule has 0 saturated heterocycles. The minimum Gasteiger partial charge on any atom is -0.362 e. The maximum atomic E-state index is 13.5. The van der Waals surface area contributed by atoms with E-state index in [1.165, 1.54) is 4.31 Å². The van der Waals surface area contributed by atoms with Gasteiger partial charge in [0, 0.05) is 44.7 Å². The quantitative estimate of drug-likeness (QED) is 0.474. The highest BCUT2D eigenvalue weighted by atomic mass is 32.2. The molecule has 0 atom stereocenters. The molecule has 6 nitrogen and oxygen atoms in total. The van der Waals surface area contributed by atoms with Crippen LogP contribution in [0.5, 0.6) is 0 Å². The van der Waals surface area contributed by atoms with Gasteiger partial charge in [0.1, 0.15) is 5.82 Å². The lowest BCUT2D eigenvalue weighted by Crippen LogP contribution is -2.37. The number of rotatable bonds is 4. The average molecular weight is 445 g/mol. The van der Waals surface area contributed by atoms with Crippen LogP contribution in [0.25, 0.3) is 22.2 Å². The fourth-order valence-corrected chi connectivity index (χ4v) is 5.59. The van der Waals surface area contributed by atoms with Gasteiger partial charge in [-0.1, -0.05) is 60.7 Å². The summed E-state index contributed by atoms with van der Waals surface area (Å²) in [5.74, 6) is 1.42. The predicted octanol–water partition coefficient (Wildman–Crippen LogP) is 4.11. The number of benzene rings is 3. The summed E-state index contributed by atoms with van der Waals surface area (Å²) < 4.78 is 28.5. The van der Waals surface area contributed by atoms with E-state index in [-0.39, 0.29) is 6.54 Å². The summed E-state index contributed by atoms with van der Waals surface area (Å²) in [6, 6.07) is 22.9. The molecule has 7 heteroatoms. The van der Waals surface area contributed by atoms with E-state index in [1.54, 1.807) is 12.1 Å². The first-order valence-electron chi connectivity index (χ1n) is 10.5. The van der Waals surface area contributed by atoms with Crippen LogP contribution in [0.2, 0.25) is 0 Å². The minimum absolute atomic E-state index is 0.257. The van der Waals surface area contributed by atoms with Gasteiger partial charge in [-0.05, 0) is 22.9 Å². The number of fused-ring (bicyclic) bond motifs is 2. The van der Waals surface area contributed by atoms with Crippen molar-refractivity contribution < 1.29 is 8.42 Å². The summed E-state index contributed by atoms with van der Waals surface area (Å²) in [5, 5.41) is 1.93. The Labute approximate surface area is 188 Å². The van der Waals surface area contributed by atoms with Crippen molar-refractivity contribution in [2.75, 3.05) is 25.5 Å². The number of aromatic nitrogens is 2. The van der Waals surface area contributed by atoms with E-state index < -0.39 is 10.0 Å². The number of hydrogen-bond acceptors (Lipinski definition) is 5. The van der Waals surface area contributed by atoms with Crippen molar-refractivity contribution in [2.45, 2.75) is 17.9 Å². The Morgan fingerprint density at radius 1 is 0.875 bits per heavy atom. The molecule has 0 N–H and O–H groups in total. The molecule has 2 heterocycles. The molecular formula is C25H24N4O2S. The lowest BCUT2D eigenvalue weighted by atomic mass is 10.1. The summed E-state index contributed by atoms with van der Waals surface area (Å²) in [4.78, 5) is 11.8. The van der Waals surface area contributed by atoms with Gasteiger partial charge in [-0.2, -0.15) is 4.31 Å². The fourth-order valence-electron chi connectivity index (χ4n) is 4.14. The Kier molecular flexibility index (Phi) is 5.15. The third-order valence-corrected chi connectivity index (χ3v) is 7.66. The van der Waals surface area contributed by atoms with Crippen molar-refractivity contribution in [2.24, 2.45) is 0 Å². The van der Waals surface area contributed by atoms with Crippen molar-refractivity contribution in [1.82, 2.24) is 14.3 Å². The fraction of sp³-hybridized carbons (Fsp3) is 0.200. The first kappa shape index (κ1) is 20.6. The molecule has 0 bridgehead atoms. The van der Waals surface area contributed by atoms with Gasteiger partial charge in [0.25, 0.3) is 0 Å². The van der Waals surface area contributed by atoms with Gasteiger partial charge in [0.05, 0.1) is 10.6 Å². The Bertz CT molecular complexity index is 1400. The topological polar surface area (TPSA) is 66.4 Å². The Morgan fingerprint density at radius 2 is 1.59 bits per heavy atom. The van der Waals surface area contributed by atoms with E-state index in [0.717, 1.165) is 33.4 Å². The minimum atomic E-state index is -3.64. The maximum Gasteiger partial charge on any atom is 0.243 e. The van der Waals surface area contributed by atoms with Gasteiger partial charge < -0.3 is 4.90 Å². The van der Waals surface area contributed by atoms with E-state index >= 15 is 0 Å². The van der Waals surface area contributed by atoms with Crippen molar-refractivity contribution in [3.63, 3.8) is 0 Å². The van der Waals surface area contributed by atoms with Crippen molar-refractivity contribution in [1.29, 1.82) is 0 Å². The van der Waals surface area contributed by atoms with Crippen molar-refractivity contribution >= 4 is 26.6 Å². The number of hydrogen-bond donors (Lipinski definition) is 0. The van der Waals surface area contributed by atoms with Crippen LogP contribution >= 0.6 is 0 Å². The van der Waals surface area contributed by atoms with Crippen LogP contribution in [0, 0.1) is 0 Å². The molecule has 0 unspecified atom stereocenters. The van der Waals surface area contributed by atoms with Crippen LogP contribution in [0.4, 0.5) is 5.82 Å². The van der Waals surface area contributed by atoms with Crippen LogP contribution < -0.4 is 4.90 Å². The first-order chi connectivity index (χ1) is 15.4. The highest BCUT2D eigenvalue weighted by molar-refractivity contribution is 7.89. The van der Waals surface area contributed by atoms with Crippen LogP contribution in [0.3, 0.4) is 0 Å². The van der Waals surface area contributed by atoms with Gasteiger partial charge in [0.15, 0.2) is 5.82 Å². The third-order valence-electron chi connectivity index (χ3n) is 5.82. The molecule has 0 saturated carbocycles. The zero-order valence-electron chi connectivity index (χ0n) is 18.1. The molecule has 1 aliphatic heterocycles. The maximum absolute atomic E-state index is 13.5. The van der Waals surface area contributed by atoms with Crippen molar-refractivity contribution in [3.05, 3.63) is 84.1 Å². The molecule has 1 aliphatic rings. The van der Waals surface area contributed by atoms with Gasteiger partial charge in [-0.3, -0.25) is 0 Å². The van der Waals surface area contributed by atoms with E-state index in [4.69, 9.17) is 9.97 Å². The number of nitrogens with zero attached hydrogens (tertiary/aromatic N) is 4. The van der Waals surface area contributed by atoms with Crippen LogP contribution in [-0.4, -0.2) is 43.3 Å². The molecule has 3 aromatic carbocycles. The largest absolute Gasteiger partial charge is 0.362 e. The lowest BCUT2D eigenvalue weighted by Gasteiger charge is -2.30. The Morgan fingerprint density at radius 3 is 2.34 bits per heavy atom. The molecule has 0 radical (unpaired) electrons. The van der Waals surface area contributed by atoms with E-state index in [1.807, 2.05) is 79.7 Å². The molecule has 0 aliphatic carbocycles. The molecule has 0 amide bonds. The molecule has 0 fully saturated rings. The van der Waals surface area contributed by atoms with Gasteiger partial charge in [-0.25, -0.2) is 18.4 Å². The summed E-state index contributed by atoms with van der Waals surface area (Å²) in [6.45, 7) is 0.646. The standard InChI is InChI=1S/C25H24N4O2S/c1-28(2)25-22-17-29(15-14-23(22)26-24(27-25)19-9-4-3-5-10-19)32(30,31)21-13-12-18-8-6-7-11-20(18)16-21/h3-13,16H,14-15,17H2,1-2H3. The molecule has 162 valence electrons. The summed E-state index contributed by atoms with van der Waals surface area (Å²) >= 11 is 0. The highest BCUT2D eigenvalue weighted by Gasteiger charge is 2.31. The monoisotopic (exact) mass is 444 g/mol. The summed E-state index contributed by atoms with van der Waals surface area (Å²) in [6.07, 6.45) is 0.547. The SMILES string of the molecule is CN(C)c1nc(-c2ccccc2)nc2c1CN(S(=O)(=O)c1ccc3ccccc3c1)CC2. The normalized spacial score (nSPS) is 14.3. The van der Waals surface area contributed by atoms with Gasteiger partial charge >= 0.3 is 0 Å². The molecule has 0 spiro atoms. The second-order valence-electron chi connectivity index (χ2n) is 8.15. The molecule has 32 heavy (non-hydrogen) atoms. The molecule has 4 aromatic rings. The smallest absolute Gasteiger partial charge is 0.243 e. The van der Waals surface area contributed by atoms with Gasteiger partial charge in [0.2, 0.25) is 10.0 Å². The second kappa shape index (κ2) is 8.00. The summed E-state index contributed by atoms with van der Waals surface area (Å²) in [5.41, 5.74) is 2.72. The summed E-state index contributed by atoms with van der Waals surface area (Å²) in [7, 11) is 0.208. The third kappa shape index (κ3) is 3.63. The first-order valence-corrected chi connectivity index (χ1v) is 12.0. The zero-order chi connectivity index (χ0) is 22.3. The highest BCUT2D eigenvalue weighted by Crippen LogP contribution is 2.32. The average Bonchev–Trinajstić information content (AvgIpc) is 2.83. The Hall–Kier alpha value is -3.29. The van der Waals surface area contributed by atoms with Crippen LogP contribution in [0.15, 0.2) is 77.7 Å². The molecule has 1 aromatic heterocycles. The Balaban J connectivity index is 1.53. The predicted molar refractivity (Wildman–Crippen MR) is 127 cm³/mol. The second-order valence-corrected chi connectivity index (χ2v) is 10.1. The van der Waals surface area contributed by atoms with Crippen LogP contribution in [-0.2, 0) is 23.0 Å². The molecular weight excluding hydrogens is 420 g/mol. The lowest BCUT2D eigenvalue weighted by molar-refractivity contribution is 0.387. The molecule has 5 rings (SSSR count). The zero-order valence-corrected chi connectivity index (χ0v) is 18.9.